The predicted molar refractivity (Wildman–Crippen MR) is 94.8 cm³/mol. The van der Waals surface area contributed by atoms with Crippen LogP contribution >= 0.6 is 0 Å². The van der Waals surface area contributed by atoms with Gasteiger partial charge in [0, 0.05) is 6.61 Å². The van der Waals surface area contributed by atoms with Crippen LogP contribution < -0.4 is 0 Å². The standard InChI is InChI=1S/C20H32O3/c1-17(2)9-7-5-4-6-8-14-22-15-16-23-20(21)19-12-10-18(3)11-13-19/h10-13,17H,4-9,14-16H2,1-3H3. The number of unbranched alkanes of at least 4 members (excludes halogenated alkanes) is 4. The molecular weight excluding hydrogens is 288 g/mol. The Labute approximate surface area is 141 Å². The molecule has 0 atom stereocenters. The molecule has 0 fully saturated rings. The van der Waals surface area contributed by atoms with Gasteiger partial charge in [-0.1, -0.05) is 63.6 Å². The third-order valence-corrected chi connectivity index (χ3v) is 3.82. The minimum Gasteiger partial charge on any atom is -0.460 e. The predicted octanol–water partition coefficient (Wildman–Crippen LogP) is 5.17. The Balaban J connectivity index is 1.91. The molecule has 0 unspecified atom stereocenters. The van der Waals surface area contributed by atoms with Crippen LogP contribution in [0.25, 0.3) is 0 Å². The van der Waals surface area contributed by atoms with Gasteiger partial charge in [-0.3, -0.25) is 0 Å². The van der Waals surface area contributed by atoms with E-state index < -0.39 is 0 Å². The lowest BCUT2D eigenvalue weighted by molar-refractivity contribution is 0.0312. The number of esters is 1. The highest BCUT2D eigenvalue weighted by Gasteiger charge is 2.05. The highest BCUT2D eigenvalue weighted by atomic mass is 16.6. The average Bonchev–Trinajstić information content (AvgIpc) is 2.52. The van der Waals surface area contributed by atoms with Crippen LogP contribution in [0.2, 0.25) is 0 Å². The maximum absolute atomic E-state index is 11.8. The molecule has 0 radical (unpaired) electrons. The zero-order chi connectivity index (χ0) is 16.9. The van der Waals surface area contributed by atoms with Gasteiger partial charge >= 0.3 is 5.97 Å². The molecule has 0 aromatic heterocycles. The van der Waals surface area contributed by atoms with E-state index in [0.717, 1.165) is 24.5 Å². The first-order valence-corrected chi connectivity index (χ1v) is 8.91. The van der Waals surface area contributed by atoms with Crippen molar-refractivity contribution in [2.24, 2.45) is 5.92 Å². The van der Waals surface area contributed by atoms with Crippen molar-refractivity contribution < 1.29 is 14.3 Å². The zero-order valence-electron chi connectivity index (χ0n) is 15.0. The number of ether oxygens (including phenoxy) is 2. The first-order chi connectivity index (χ1) is 11.1. The summed E-state index contributed by atoms with van der Waals surface area (Å²) in [4.78, 5) is 11.8. The second-order valence-electron chi connectivity index (χ2n) is 6.56. The van der Waals surface area contributed by atoms with E-state index >= 15 is 0 Å². The van der Waals surface area contributed by atoms with Crippen molar-refractivity contribution in [1.82, 2.24) is 0 Å². The topological polar surface area (TPSA) is 35.5 Å². The lowest BCUT2D eigenvalue weighted by Gasteiger charge is -2.07. The van der Waals surface area contributed by atoms with Gasteiger partial charge in [-0.25, -0.2) is 4.79 Å². The van der Waals surface area contributed by atoms with E-state index in [2.05, 4.69) is 13.8 Å². The lowest BCUT2D eigenvalue weighted by atomic mass is 10.0. The van der Waals surface area contributed by atoms with E-state index in [9.17, 15) is 4.79 Å². The highest BCUT2D eigenvalue weighted by Crippen LogP contribution is 2.10. The van der Waals surface area contributed by atoms with Crippen LogP contribution in [-0.4, -0.2) is 25.8 Å². The molecule has 0 spiro atoms. The molecule has 0 saturated carbocycles. The number of carbonyl (C=O) groups excluding carboxylic acids is 1. The molecule has 130 valence electrons. The van der Waals surface area contributed by atoms with Crippen molar-refractivity contribution in [1.29, 1.82) is 0 Å². The molecule has 23 heavy (non-hydrogen) atoms. The average molecular weight is 320 g/mol. The first-order valence-electron chi connectivity index (χ1n) is 8.91. The largest absolute Gasteiger partial charge is 0.460 e. The van der Waals surface area contributed by atoms with Gasteiger partial charge in [0.15, 0.2) is 0 Å². The van der Waals surface area contributed by atoms with Crippen LogP contribution in [0.5, 0.6) is 0 Å². The van der Waals surface area contributed by atoms with Crippen LogP contribution in [0.1, 0.15) is 68.3 Å². The van der Waals surface area contributed by atoms with Crippen LogP contribution in [0.15, 0.2) is 24.3 Å². The monoisotopic (exact) mass is 320 g/mol. The van der Waals surface area contributed by atoms with Gasteiger partial charge in [0.05, 0.1) is 12.2 Å². The summed E-state index contributed by atoms with van der Waals surface area (Å²) in [6.45, 7) is 8.10. The molecule has 0 aliphatic rings. The van der Waals surface area contributed by atoms with Gasteiger partial charge in [0.25, 0.3) is 0 Å². The van der Waals surface area contributed by atoms with Crippen LogP contribution in [-0.2, 0) is 9.47 Å². The van der Waals surface area contributed by atoms with Crippen molar-refractivity contribution in [2.75, 3.05) is 19.8 Å². The van der Waals surface area contributed by atoms with E-state index in [1.54, 1.807) is 12.1 Å². The Morgan fingerprint density at radius 3 is 2.26 bits per heavy atom. The molecule has 3 heteroatoms. The number of benzene rings is 1. The molecule has 3 nitrogen and oxygen atoms in total. The minimum atomic E-state index is -0.279. The summed E-state index contributed by atoms with van der Waals surface area (Å²) in [6.07, 6.45) is 7.61. The summed E-state index contributed by atoms with van der Waals surface area (Å²) in [7, 11) is 0. The summed E-state index contributed by atoms with van der Waals surface area (Å²) < 4.78 is 10.7. The summed E-state index contributed by atoms with van der Waals surface area (Å²) in [5.74, 6) is 0.541. The SMILES string of the molecule is Cc1ccc(C(=O)OCCOCCCCCCCC(C)C)cc1. The molecule has 0 bridgehead atoms. The molecule has 0 amide bonds. The summed E-state index contributed by atoms with van der Waals surface area (Å²) in [5.41, 5.74) is 1.73. The second kappa shape index (κ2) is 12.1. The molecule has 0 saturated heterocycles. The lowest BCUT2D eigenvalue weighted by Crippen LogP contribution is -2.11. The number of hydrogen-bond acceptors (Lipinski definition) is 3. The maximum atomic E-state index is 11.8. The van der Waals surface area contributed by atoms with Crippen molar-refractivity contribution in [3.63, 3.8) is 0 Å². The Kier molecular flexibility index (Phi) is 10.4. The first kappa shape index (κ1) is 19.7. The second-order valence-corrected chi connectivity index (χ2v) is 6.56. The van der Waals surface area contributed by atoms with Crippen molar-refractivity contribution >= 4 is 5.97 Å². The maximum Gasteiger partial charge on any atom is 0.338 e. The molecule has 1 rings (SSSR count). The van der Waals surface area contributed by atoms with Gasteiger partial charge in [0.2, 0.25) is 0 Å². The van der Waals surface area contributed by atoms with Gasteiger partial charge in [-0.15, -0.1) is 0 Å². The molecule has 0 heterocycles. The third kappa shape index (κ3) is 10.1. The fourth-order valence-corrected chi connectivity index (χ4v) is 2.36. The van der Waals surface area contributed by atoms with Crippen LogP contribution in [0, 0.1) is 12.8 Å². The third-order valence-electron chi connectivity index (χ3n) is 3.82. The number of rotatable bonds is 12. The molecule has 0 aliphatic heterocycles. The molecular formula is C20H32O3. The van der Waals surface area contributed by atoms with E-state index in [-0.39, 0.29) is 5.97 Å². The summed E-state index contributed by atoms with van der Waals surface area (Å²) in [5, 5.41) is 0. The Morgan fingerprint density at radius 1 is 0.913 bits per heavy atom. The van der Waals surface area contributed by atoms with E-state index in [1.807, 2.05) is 19.1 Å². The minimum absolute atomic E-state index is 0.279. The Morgan fingerprint density at radius 2 is 1.57 bits per heavy atom. The number of aryl methyl sites for hydroxylation is 1. The zero-order valence-corrected chi connectivity index (χ0v) is 15.0. The summed E-state index contributed by atoms with van der Waals surface area (Å²) in [6, 6.07) is 7.40. The quantitative estimate of drug-likeness (QED) is 0.394. The van der Waals surface area contributed by atoms with Crippen molar-refractivity contribution in [2.45, 2.75) is 59.3 Å². The van der Waals surface area contributed by atoms with Gasteiger partial charge in [-0.2, -0.15) is 0 Å². The number of hydrogen-bond donors (Lipinski definition) is 0. The number of carbonyl (C=O) groups is 1. The van der Waals surface area contributed by atoms with Crippen LogP contribution in [0.3, 0.4) is 0 Å². The highest BCUT2D eigenvalue weighted by molar-refractivity contribution is 5.89. The van der Waals surface area contributed by atoms with Crippen molar-refractivity contribution in [3.8, 4) is 0 Å². The molecule has 1 aromatic carbocycles. The van der Waals surface area contributed by atoms with E-state index in [1.165, 1.54) is 32.1 Å². The Bertz CT molecular complexity index is 423. The van der Waals surface area contributed by atoms with E-state index in [4.69, 9.17) is 9.47 Å². The smallest absolute Gasteiger partial charge is 0.338 e. The van der Waals surface area contributed by atoms with Gasteiger partial charge in [0.1, 0.15) is 6.61 Å². The fraction of sp³-hybridized carbons (Fsp3) is 0.650. The fourth-order valence-electron chi connectivity index (χ4n) is 2.36. The molecule has 0 N–H and O–H groups in total. The van der Waals surface area contributed by atoms with Gasteiger partial charge in [-0.05, 0) is 31.4 Å². The Hall–Kier alpha value is -1.35. The molecule has 1 aromatic rings. The van der Waals surface area contributed by atoms with Gasteiger partial charge < -0.3 is 9.47 Å². The van der Waals surface area contributed by atoms with Crippen LogP contribution in [0.4, 0.5) is 0 Å². The van der Waals surface area contributed by atoms with E-state index in [0.29, 0.717) is 18.8 Å². The van der Waals surface area contributed by atoms with Crippen molar-refractivity contribution in [3.05, 3.63) is 35.4 Å². The normalized spacial score (nSPS) is 11.0. The summed E-state index contributed by atoms with van der Waals surface area (Å²) >= 11 is 0. The molecule has 0 aliphatic carbocycles.